The van der Waals surface area contributed by atoms with E-state index in [0.29, 0.717) is 0 Å². The van der Waals surface area contributed by atoms with E-state index in [-0.39, 0.29) is 71.7 Å². The number of phosphoric acid groups is 1. The summed E-state index contributed by atoms with van der Waals surface area (Å²) in [5, 5.41) is 0. The Bertz CT molecular complexity index is 71.4. The third-order valence-electron chi connectivity index (χ3n) is 0. The van der Waals surface area contributed by atoms with Gasteiger partial charge in [-0.05, 0) is 11.0 Å². The maximum Gasteiger partial charge on any atom is 1.00 e. The van der Waals surface area contributed by atoms with Crippen LogP contribution in [0.15, 0.2) is 0 Å². The molecule has 0 aliphatic rings. The van der Waals surface area contributed by atoms with Crippen molar-refractivity contribution in [3.05, 3.63) is 0 Å². The Morgan fingerprint density at radius 2 is 1.22 bits per heavy atom. The summed E-state index contributed by atoms with van der Waals surface area (Å²) in [6.07, 6.45) is 0. The van der Waals surface area contributed by atoms with Gasteiger partial charge in [0.25, 0.3) is 0 Å². The summed E-state index contributed by atoms with van der Waals surface area (Å²) in [6.45, 7) is 0. The third kappa shape index (κ3) is 146. The second-order valence-electron chi connectivity index (χ2n) is 0.513. The van der Waals surface area contributed by atoms with E-state index in [9.17, 15) is 0 Å². The van der Waals surface area contributed by atoms with Gasteiger partial charge in [0.1, 0.15) is 0 Å². The smallest absolute Gasteiger partial charge is 1.00 e. The van der Waals surface area contributed by atoms with E-state index < -0.39 is 7.82 Å². The molecule has 0 rings (SSSR count). The van der Waals surface area contributed by atoms with Crippen LogP contribution < -0.4 is 29.6 Å². The molecule has 0 spiro atoms. The van der Waals surface area contributed by atoms with Gasteiger partial charge in [0, 0.05) is 0 Å². The normalized spacial score (nSPS) is 6.56. The van der Waals surface area contributed by atoms with Crippen molar-refractivity contribution >= 4 is 48.6 Å². The molecule has 0 saturated heterocycles. The molecular formula is H12AlClNaO4PSi. The Labute approximate surface area is 98.0 Å². The zero-order valence-corrected chi connectivity index (χ0v) is 7.32. The number of rotatable bonds is 0. The molecule has 0 saturated carbocycles. The molecule has 4 nitrogen and oxygen atoms in total. The summed E-state index contributed by atoms with van der Waals surface area (Å²) in [6, 6.07) is 0. The molecule has 0 atom stereocenters. The van der Waals surface area contributed by atoms with E-state index in [1.165, 1.54) is 0 Å². The van der Waals surface area contributed by atoms with Crippen molar-refractivity contribution in [2.24, 2.45) is 0 Å². The minimum atomic E-state index is -4.64. The fourth-order valence-corrected chi connectivity index (χ4v) is 0. The first-order valence-corrected chi connectivity index (χ1v) is 2.35. The minimum Gasteiger partial charge on any atom is -1.00 e. The topological polar surface area (TPSA) is 77.8 Å². The second kappa shape index (κ2) is 12.8. The predicted molar refractivity (Wildman–Crippen MR) is 43.9 cm³/mol. The van der Waals surface area contributed by atoms with E-state index in [2.05, 4.69) is 0 Å². The molecule has 0 radical (unpaired) electrons. The standard InChI is InChI=1S/Al.ClH.Na.H3O4P.H4Si.4H/c;;;1-5(2,3)4;;;;;/h;1H;;(H3,1,2,3,4);1H4;;;;/q;;+1;;;;;;-1. The molecule has 9 heavy (non-hydrogen) atoms. The third-order valence-corrected chi connectivity index (χ3v) is 0. The Kier molecular flexibility index (Phi) is 43.2. The van der Waals surface area contributed by atoms with Crippen molar-refractivity contribution in [3.8, 4) is 0 Å². The van der Waals surface area contributed by atoms with Crippen molar-refractivity contribution in [2.75, 3.05) is 0 Å². The molecule has 56 valence electrons. The van der Waals surface area contributed by atoms with Gasteiger partial charge in [0.05, 0.1) is 0 Å². The monoisotopic (exact) mass is 220 g/mol. The van der Waals surface area contributed by atoms with Crippen LogP contribution in [0.2, 0.25) is 0 Å². The SMILES string of the molecule is Cl.O=P(O)(O)O.[AlH3].[H-].[Na+].[SiH4]. The van der Waals surface area contributed by atoms with Crippen LogP contribution in [-0.2, 0) is 4.57 Å². The molecule has 0 heterocycles. The van der Waals surface area contributed by atoms with Crippen molar-refractivity contribution in [1.82, 2.24) is 0 Å². The average molecular weight is 221 g/mol. The molecule has 0 aliphatic heterocycles. The fourth-order valence-electron chi connectivity index (χ4n) is 0. The van der Waals surface area contributed by atoms with Crippen LogP contribution in [0.4, 0.5) is 0 Å². The Hall–Kier alpha value is 2.15. The Morgan fingerprint density at radius 3 is 1.22 bits per heavy atom. The van der Waals surface area contributed by atoms with Crippen LogP contribution in [0.25, 0.3) is 0 Å². The molecule has 0 bridgehead atoms. The van der Waals surface area contributed by atoms with Crippen molar-refractivity contribution in [3.63, 3.8) is 0 Å². The van der Waals surface area contributed by atoms with Crippen molar-refractivity contribution in [2.45, 2.75) is 0 Å². The molecule has 0 fully saturated rings. The maximum absolute atomic E-state index is 8.88. The quantitative estimate of drug-likeness (QED) is 0.281. The largest absolute Gasteiger partial charge is 1.00 e. The van der Waals surface area contributed by atoms with Crippen LogP contribution in [0.1, 0.15) is 1.43 Å². The molecule has 0 aliphatic carbocycles. The van der Waals surface area contributed by atoms with Crippen LogP contribution in [-0.4, -0.2) is 43.0 Å². The van der Waals surface area contributed by atoms with Gasteiger partial charge >= 0.3 is 37.4 Å². The average Bonchev–Trinajstić information content (AvgIpc) is 0.722. The van der Waals surface area contributed by atoms with E-state index in [4.69, 9.17) is 19.2 Å². The van der Waals surface area contributed by atoms with E-state index >= 15 is 0 Å². The molecule has 0 amide bonds. The molecule has 3 N–H and O–H groups in total. The van der Waals surface area contributed by atoms with E-state index in [1.807, 2.05) is 0 Å². The zero-order valence-electron chi connectivity index (χ0n) is 4.61. The number of halogens is 1. The van der Waals surface area contributed by atoms with Gasteiger partial charge in [-0.1, -0.05) is 0 Å². The maximum atomic E-state index is 8.88. The summed E-state index contributed by atoms with van der Waals surface area (Å²) >= 11 is 0. The summed E-state index contributed by atoms with van der Waals surface area (Å²) in [4.78, 5) is 21.6. The van der Waals surface area contributed by atoms with Crippen LogP contribution in [0.3, 0.4) is 0 Å². The van der Waals surface area contributed by atoms with Gasteiger partial charge in [-0.25, -0.2) is 4.57 Å². The molecule has 0 unspecified atom stereocenters. The van der Waals surface area contributed by atoms with Crippen LogP contribution >= 0.6 is 20.2 Å². The van der Waals surface area contributed by atoms with Gasteiger partial charge in [-0.3, -0.25) is 0 Å². The van der Waals surface area contributed by atoms with Crippen molar-refractivity contribution in [1.29, 1.82) is 0 Å². The summed E-state index contributed by atoms with van der Waals surface area (Å²) in [5.74, 6) is 0. The van der Waals surface area contributed by atoms with Crippen LogP contribution in [0.5, 0.6) is 0 Å². The molecule has 9 heteroatoms. The van der Waals surface area contributed by atoms with Gasteiger partial charge in [-0.2, -0.15) is 0 Å². The van der Waals surface area contributed by atoms with E-state index in [0.717, 1.165) is 0 Å². The second-order valence-corrected chi connectivity index (χ2v) is 1.54. The molecule has 0 aromatic carbocycles. The minimum absolute atomic E-state index is 0. The number of hydrogen-bond acceptors (Lipinski definition) is 1. The predicted octanol–water partition coefficient (Wildman–Crippen LogP) is -6.03. The molecule has 0 aromatic heterocycles. The summed E-state index contributed by atoms with van der Waals surface area (Å²) in [7, 11) is -4.64. The first-order valence-electron chi connectivity index (χ1n) is 0.783. The van der Waals surface area contributed by atoms with Crippen LogP contribution in [0, 0.1) is 0 Å². The van der Waals surface area contributed by atoms with Gasteiger partial charge in [-0.15, -0.1) is 12.4 Å². The van der Waals surface area contributed by atoms with E-state index in [1.54, 1.807) is 0 Å². The molecule has 0 aromatic rings. The van der Waals surface area contributed by atoms with Gasteiger partial charge in [0.15, 0.2) is 17.4 Å². The number of hydrogen-bond donors (Lipinski definition) is 3. The van der Waals surface area contributed by atoms with Gasteiger partial charge < -0.3 is 16.1 Å². The molecular weight excluding hydrogens is 208 g/mol. The Morgan fingerprint density at radius 1 is 1.22 bits per heavy atom. The first-order chi connectivity index (χ1) is 2.00. The summed E-state index contributed by atoms with van der Waals surface area (Å²) in [5.41, 5.74) is 0. The summed E-state index contributed by atoms with van der Waals surface area (Å²) < 4.78 is 8.88. The zero-order chi connectivity index (χ0) is 4.50. The van der Waals surface area contributed by atoms with Crippen molar-refractivity contribution < 1.29 is 50.2 Å². The Balaban J connectivity index is -0.00000000800. The first kappa shape index (κ1) is 30.4. The fraction of sp³-hybridized carbons (Fsp3) is 0. The van der Waals surface area contributed by atoms with Gasteiger partial charge in [0.2, 0.25) is 0 Å².